The molecule has 0 amide bonds. The number of piperidine rings is 1. The Morgan fingerprint density at radius 2 is 2.09 bits per heavy atom. The number of fused-ring (bicyclic) bond motifs is 1. The lowest BCUT2D eigenvalue weighted by molar-refractivity contribution is 0.0353. The number of anilines is 2. The summed E-state index contributed by atoms with van der Waals surface area (Å²) in [4.78, 5) is 10.9. The highest BCUT2D eigenvalue weighted by atomic mass is 35.5. The van der Waals surface area contributed by atoms with Crippen molar-refractivity contribution < 1.29 is 14.2 Å². The molecule has 0 bridgehead atoms. The van der Waals surface area contributed by atoms with Crippen LogP contribution in [0.3, 0.4) is 0 Å². The molecule has 8 nitrogen and oxygen atoms in total. The van der Waals surface area contributed by atoms with Gasteiger partial charge in [0.1, 0.15) is 11.3 Å². The van der Waals surface area contributed by atoms with E-state index < -0.39 is 12.3 Å². The van der Waals surface area contributed by atoms with Crippen molar-refractivity contribution in [3.8, 4) is 0 Å². The molecule has 0 aliphatic carbocycles. The summed E-state index contributed by atoms with van der Waals surface area (Å²) in [7, 11) is 1.74. The number of likely N-dealkylation sites (tertiary alicyclic amines) is 1. The summed E-state index contributed by atoms with van der Waals surface area (Å²) in [6.07, 6.45) is 2.18. The van der Waals surface area contributed by atoms with Gasteiger partial charge in [0.2, 0.25) is 5.95 Å². The third-order valence-electron chi connectivity index (χ3n) is 6.27. The summed E-state index contributed by atoms with van der Waals surface area (Å²) in [5, 5.41) is 18.9. The average molecular weight is 481 g/mol. The topological polar surface area (TPSA) is 88.3 Å². The van der Waals surface area contributed by atoms with Crippen molar-refractivity contribution in [2.75, 3.05) is 31.6 Å². The molecule has 170 valence electrons. The van der Waals surface area contributed by atoms with Crippen molar-refractivity contribution in [2.24, 2.45) is 7.05 Å². The predicted octanol–water partition coefficient (Wildman–Crippen LogP) is 3.30. The Bertz CT molecular complexity index is 1140. The number of nitrogens with one attached hydrogen (secondary N) is 1. The zero-order valence-corrected chi connectivity index (χ0v) is 18.9. The van der Waals surface area contributed by atoms with E-state index in [0.29, 0.717) is 53.5 Å². The first kappa shape index (κ1) is 21.8. The van der Waals surface area contributed by atoms with Crippen molar-refractivity contribution in [3.63, 3.8) is 0 Å². The van der Waals surface area contributed by atoms with Crippen LogP contribution in [0.15, 0.2) is 24.5 Å². The van der Waals surface area contributed by atoms with E-state index in [4.69, 9.17) is 27.9 Å². The van der Waals surface area contributed by atoms with E-state index in [-0.39, 0.29) is 18.5 Å². The first-order valence-electron chi connectivity index (χ1n) is 10.5. The highest BCUT2D eigenvalue weighted by Gasteiger charge is 2.39. The first-order valence-corrected chi connectivity index (χ1v) is 11.2. The van der Waals surface area contributed by atoms with Crippen LogP contribution >= 0.6 is 23.2 Å². The van der Waals surface area contributed by atoms with E-state index in [1.165, 1.54) is 4.68 Å². The van der Waals surface area contributed by atoms with Gasteiger partial charge in [-0.25, -0.2) is 14.4 Å². The second-order valence-electron chi connectivity index (χ2n) is 8.30. The fraction of sp³-hybridized carbons (Fsp3) is 0.476. The molecule has 0 radical (unpaired) electrons. The van der Waals surface area contributed by atoms with Crippen molar-refractivity contribution in [1.29, 1.82) is 0 Å². The number of aryl methyl sites for hydroxylation is 1. The number of alkyl halides is 1. The summed E-state index contributed by atoms with van der Waals surface area (Å²) in [5.41, 5.74) is 1.99. The molecule has 3 aromatic rings. The second kappa shape index (κ2) is 8.72. The van der Waals surface area contributed by atoms with Gasteiger partial charge < -0.3 is 15.2 Å². The van der Waals surface area contributed by atoms with Gasteiger partial charge in [-0.1, -0.05) is 23.2 Å². The smallest absolute Gasteiger partial charge is 0.227 e. The van der Waals surface area contributed by atoms with Gasteiger partial charge in [0.15, 0.2) is 0 Å². The molecule has 3 unspecified atom stereocenters. The molecular weight excluding hydrogens is 458 g/mol. The minimum atomic E-state index is -1.11. The number of hydrogen-bond donors (Lipinski definition) is 2. The fourth-order valence-corrected chi connectivity index (χ4v) is 4.95. The molecule has 5 rings (SSSR count). The minimum Gasteiger partial charge on any atom is -0.389 e. The summed E-state index contributed by atoms with van der Waals surface area (Å²) in [5.74, 6) is 0.0178. The van der Waals surface area contributed by atoms with Gasteiger partial charge in [-0.05, 0) is 30.7 Å². The molecule has 2 N–H and O–H groups in total. The van der Waals surface area contributed by atoms with Crippen LogP contribution < -0.4 is 5.32 Å². The number of aliphatic hydroxyl groups excluding tert-OH is 1. The van der Waals surface area contributed by atoms with Gasteiger partial charge >= 0.3 is 0 Å². The standard InChI is InChI=1S/C21H23Cl2FN6O2/c1-29-20(23)17(7-26-29)28-21-25-6-11-4-14(22)13(5-16(11)27-21)12-2-3-30(8-15(12)24)18-9-32-10-19(18)31/h4-7,12,15,18-19,31H,2-3,8-10H2,1H3,(H,25,27,28)/t12?,15?,18-,19?/m1/s1. The summed E-state index contributed by atoms with van der Waals surface area (Å²) in [6, 6.07) is 3.47. The number of halogens is 3. The quantitative estimate of drug-likeness (QED) is 0.591. The summed E-state index contributed by atoms with van der Waals surface area (Å²) < 4.78 is 22.1. The Kier molecular flexibility index (Phi) is 5.94. The molecule has 1 aromatic carbocycles. The van der Waals surface area contributed by atoms with E-state index in [2.05, 4.69) is 20.4 Å². The zero-order valence-electron chi connectivity index (χ0n) is 17.4. The number of ether oxygens (including phenoxy) is 1. The maximum Gasteiger partial charge on any atom is 0.227 e. The molecule has 2 aromatic heterocycles. The highest BCUT2D eigenvalue weighted by molar-refractivity contribution is 6.32. The monoisotopic (exact) mass is 480 g/mol. The van der Waals surface area contributed by atoms with Crippen LogP contribution in [0.4, 0.5) is 16.0 Å². The average Bonchev–Trinajstić information content (AvgIpc) is 3.34. The summed E-state index contributed by atoms with van der Waals surface area (Å²) in [6.45, 7) is 1.64. The molecule has 2 saturated heterocycles. The lowest BCUT2D eigenvalue weighted by Crippen LogP contribution is -2.50. The molecule has 4 heterocycles. The maximum atomic E-state index is 15.3. The largest absolute Gasteiger partial charge is 0.389 e. The zero-order chi connectivity index (χ0) is 22.4. The van der Waals surface area contributed by atoms with Crippen molar-refractivity contribution in [1.82, 2.24) is 24.6 Å². The third-order valence-corrected chi connectivity index (χ3v) is 7.05. The maximum absolute atomic E-state index is 15.3. The molecule has 4 atom stereocenters. The molecule has 0 saturated carbocycles. The van der Waals surface area contributed by atoms with Crippen molar-refractivity contribution in [2.45, 2.75) is 30.7 Å². The van der Waals surface area contributed by atoms with Gasteiger partial charge in [-0.3, -0.25) is 9.58 Å². The van der Waals surface area contributed by atoms with Crippen LogP contribution in [0.25, 0.3) is 10.9 Å². The van der Waals surface area contributed by atoms with E-state index in [9.17, 15) is 5.11 Å². The van der Waals surface area contributed by atoms with Crippen LogP contribution in [0, 0.1) is 0 Å². The number of aromatic nitrogens is 4. The molecule has 2 aliphatic heterocycles. The van der Waals surface area contributed by atoms with Gasteiger partial charge in [0.05, 0.1) is 42.8 Å². The lowest BCUT2D eigenvalue weighted by Gasteiger charge is -2.39. The number of hydrogen-bond acceptors (Lipinski definition) is 7. The van der Waals surface area contributed by atoms with Crippen LogP contribution in [0.2, 0.25) is 10.2 Å². The third kappa shape index (κ3) is 4.04. The van der Waals surface area contributed by atoms with E-state index in [1.54, 1.807) is 25.5 Å². The Morgan fingerprint density at radius 3 is 2.78 bits per heavy atom. The molecule has 0 spiro atoms. The van der Waals surface area contributed by atoms with E-state index in [1.807, 2.05) is 11.0 Å². The van der Waals surface area contributed by atoms with Gasteiger partial charge in [-0.15, -0.1) is 0 Å². The fourth-order valence-electron chi connectivity index (χ4n) is 4.50. The molecule has 2 aliphatic rings. The van der Waals surface area contributed by atoms with Crippen LogP contribution in [0.1, 0.15) is 17.9 Å². The van der Waals surface area contributed by atoms with Gasteiger partial charge in [0.25, 0.3) is 0 Å². The SMILES string of the molecule is Cn1ncc(Nc2ncc3cc(Cl)c(C4CCN([C@@H]5COCC5O)CC4F)cc3n2)c1Cl. The second-order valence-corrected chi connectivity index (χ2v) is 9.07. The predicted molar refractivity (Wildman–Crippen MR) is 120 cm³/mol. The Balaban J connectivity index is 1.39. The van der Waals surface area contributed by atoms with Crippen molar-refractivity contribution >= 4 is 45.7 Å². The molecule has 11 heteroatoms. The summed E-state index contributed by atoms with van der Waals surface area (Å²) >= 11 is 12.7. The Hall–Kier alpha value is -2.04. The molecule has 2 fully saturated rings. The normalized spacial score (nSPS) is 26.7. The molecular formula is C21H23Cl2FN6O2. The van der Waals surface area contributed by atoms with Crippen LogP contribution in [-0.2, 0) is 11.8 Å². The van der Waals surface area contributed by atoms with Crippen LogP contribution in [-0.4, -0.2) is 74.4 Å². The Morgan fingerprint density at radius 1 is 1.25 bits per heavy atom. The first-order chi connectivity index (χ1) is 15.4. The Labute approximate surface area is 194 Å². The van der Waals surface area contributed by atoms with E-state index in [0.717, 1.165) is 10.9 Å². The lowest BCUT2D eigenvalue weighted by atomic mass is 9.86. The highest BCUT2D eigenvalue weighted by Crippen LogP contribution is 2.38. The van der Waals surface area contributed by atoms with Crippen molar-refractivity contribution in [3.05, 3.63) is 40.3 Å². The number of nitrogens with zero attached hydrogens (tertiary/aromatic N) is 5. The molecule has 32 heavy (non-hydrogen) atoms. The minimum absolute atomic E-state index is 0.151. The van der Waals surface area contributed by atoms with Gasteiger partial charge in [-0.2, -0.15) is 5.10 Å². The van der Waals surface area contributed by atoms with Crippen LogP contribution in [0.5, 0.6) is 0 Å². The number of aliphatic hydroxyl groups is 1. The van der Waals surface area contributed by atoms with E-state index >= 15 is 4.39 Å². The van der Waals surface area contributed by atoms with Gasteiger partial charge in [0, 0.05) is 36.1 Å². The number of benzene rings is 1. The number of rotatable bonds is 4.